The van der Waals surface area contributed by atoms with E-state index in [1.165, 1.54) is 4.90 Å². The first kappa shape index (κ1) is 25.8. The average molecular weight is 582 g/mol. The van der Waals surface area contributed by atoms with E-state index < -0.39 is 17.9 Å². The third kappa shape index (κ3) is 6.10. The van der Waals surface area contributed by atoms with Gasteiger partial charge in [0.2, 0.25) is 5.78 Å². The molecule has 3 aromatic rings. The number of benzene rings is 3. The molecule has 1 N–H and O–H groups in total. The zero-order valence-corrected chi connectivity index (χ0v) is 22.0. The number of carbonyl (C=O) groups is 3. The van der Waals surface area contributed by atoms with E-state index >= 15 is 0 Å². The Labute approximate surface area is 226 Å². The summed E-state index contributed by atoms with van der Waals surface area (Å²) in [5.74, 6) is -1.20. The Morgan fingerprint density at radius 1 is 1.03 bits per heavy atom. The van der Waals surface area contributed by atoms with E-state index in [1.807, 2.05) is 36.4 Å². The highest BCUT2D eigenvalue weighted by molar-refractivity contribution is 9.10. The summed E-state index contributed by atoms with van der Waals surface area (Å²) in [4.78, 5) is 39.0. The van der Waals surface area contributed by atoms with Gasteiger partial charge in [0.25, 0.3) is 5.91 Å². The molecule has 1 heterocycles. The fraction of sp³-hybridized carbons (Fsp3) is 0.111. The van der Waals surface area contributed by atoms with Crippen molar-refractivity contribution in [1.82, 2.24) is 4.90 Å². The second-order valence-corrected chi connectivity index (χ2v) is 10.4. The van der Waals surface area contributed by atoms with Crippen molar-refractivity contribution in [3.05, 3.63) is 105 Å². The lowest BCUT2D eigenvalue weighted by molar-refractivity contribution is -0.145. The molecule has 36 heavy (non-hydrogen) atoms. The van der Waals surface area contributed by atoms with Crippen LogP contribution < -0.4 is 4.74 Å². The second-order valence-electron chi connectivity index (χ2n) is 7.86. The van der Waals surface area contributed by atoms with Crippen LogP contribution in [-0.4, -0.2) is 44.6 Å². The monoisotopic (exact) mass is 581 g/mol. The lowest BCUT2D eigenvalue weighted by Crippen LogP contribution is -2.45. The number of carboxylic acids is 1. The van der Waals surface area contributed by atoms with Gasteiger partial charge in [0.15, 0.2) is 6.61 Å². The fourth-order valence-corrected chi connectivity index (χ4v) is 5.46. The molecule has 6 nitrogen and oxygen atoms in total. The number of ether oxygens (including phenoxy) is 1. The molecule has 0 saturated carbocycles. The molecule has 1 fully saturated rings. The van der Waals surface area contributed by atoms with E-state index in [0.717, 1.165) is 22.9 Å². The summed E-state index contributed by atoms with van der Waals surface area (Å²) < 4.78 is 6.53. The van der Waals surface area contributed by atoms with Crippen molar-refractivity contribution >= 4 is 68.0 Å². The number of hydrogen-bond donors (Lipinski definition) is 1. The van der Waals surface area contributed by atoms with Crippen molar-refractivity contribution in [3.63, 3.8) is 0 Å². The Kier molecular flexibility index (Phi) is 8.35. The van der Waals surface area contributed by atoms with Crippen LogP contribution in [0.4, 0.5) is 0 Å². The summed E-state index contributed by atoms with van der Waals surface area (Å²) in [6.07, 6.45) is 1.82. The summed E-state index contributed by atoms with van der Waals surface area (Å²) in [6, 6.07) is 22.1. The number of thioether (sulfide) groups is 1. The number of aliphatic carboxylic acids is 1. The molecule has 9 heteroatoms. The van der Waals surface area contributed by atoms with E-state index in [9.17, 15) is 19.5 Å². The number of Topliss-reactive ketones (excluding diaryl/α,β-unsaturated/α-hetero) is 1. The molecule has 3 aromatic carbocycles. The highest BCUT2D eigenvalue weighted by Gasteiger charge is 2.40. The SMILES string of the molecule is O=C(COc1ccc(/C=C2\SC(=S)N([C@@H](Cc3ccccc3)C(=O)O)C2=O)cc1)c1ccccc1Br. The number of rotatable bonds is 9. The zero-order valence-electron chi connectivity index (χ0n) is 18.8. The highest BCUT2D eigenvalue weighted by atomic mass is 79.9. The molecule has 0 aliphatic carbocycles. The first-order valence-corrected chi connectivity index (χ1v) is 12.9. The van der Waals surface area contributed by atoms with Crippen molar-refractivity contribution in [3.8, 4) is 5.75 Å². The van der Waals surface area contributed by atoms with Crippen LogP contribution >= 0.6 is 39.9 Å². The topological polar surface area (TPSA) is 83.9 Å². The predicted molar refractivity (Wildman–Crippen MR) is 147 cm³/mol. The van der Waals surface area contributed by atoms with Gasteiger partial charge in [0.05, 0.1) is 4.91 Å². The molecule has 1 aliphatic heterocycles. The molecule has 4 rings (SSSR count). The lowest BCUT2D eigenvalue weighted by Gasteiger charge is -2.23. The van der Waals surface area contributed by atoms with E-state index in [4.69, 9.17) is 17.0 Å². The molecule has 0 bridgehead atoms. The van der Waals surface area contributed by atoms with Gasteiger partial charge < -0.3 is 9.84 Å². The maximum absolute atomic E-state index is 13.1. The van der Waals surface area contributed by atoms with Crippen LogP contribution in [0.3, 0.4) is 0 Å². The van der Waals surface area contributed by atoms with Gasteiger partial charge in [0.1, 0.15) is 16.1 Å². The lowest BCUT2D eigenvalue weighted by atomic mass is 10.0. The molecule has 0 radical (unpaired) electrons. The van der Waals surface area contributed by atoms with Crippen molar-refractivity contribution in [2.45, 2.75) is 12.5 Å². The highest BCUT2D eigenvalue weighted by Crippen LogP contribution is 2.35. The van der Waals surface area contributed by atoms with Crippen LogP contribution in [0.1, 0.15) is 21.5 Å². The number of hydrogen-bond acceptors (Lipinski definition) is 6. The van der Waals surface area contributed by atoms with Gasteiger partial charge in [-0.15, -0.1) is 0 Å². The molecule has 1 saturated heterocycles. The summed E-state index contributed by atoms with van der Waals surface area (Å²) in [7, 11) is 0. The van der Waals surface area contributed by atoms with E-state index in [1.54, 1.807) is 48.5 Å². The van der Waals surface area contributed by atoms with Crippen LogP contribution in [0.5, 0.6) is 5.75 Å². The molecule has 182 valence electrons. The van der Waals surface area contributed by atoms with Crippen molar-refractivity contribution in [1.29, 1.82) is 0 Å². The second kappa shape index (κ2) is 11.6. The molecule has 1 amide bonds. The summed E-state index contributed by atoms with van der Waals surface area (Å²) in [5, 5.41) is 9.79. The quantitative estimate of drug-likeness (QED) is 0.200. The first-order valence-electron chi connectivity index (χ1n) is 10.9. The molecule has 0 aromatic heterocycles. The third-order valence-electron chi connectivity index (χ3n) is 5.41. The summed E-state index contributed by atoms with van der Waals surface area (Å²) in [6.45, 7) is -0.112. The fourth-order valence-electron chi connectivity index (χ4n) is 3.60. The van der Waals surface area contributed by atoms with E-state index in [-0.39, 0.29) is 23.1 Å². The standard InChI is InChI=1S/C27H20BrNO5S2/c28-21-9-5-4-8-20(21)23(30)16-34-19-12-10-18(11-13-19)15-24-25(31)29(27(35)36-24)22(26(32)33)14-17-6-2-1-3-7-17/h1-13,15,22H,14,16H2,(H,32,33)/b24-15-/t22-/m0/s1. The summed E-state index contributed by atoms with van der Waals surface area (Å²) >= 11 is 9.80. The minimum absolute atomic E-state index is 0.112. The largest absolute Gasteiger partial charge is 0.485 e. The number of ketones is 1. The van der Waals surface area contributed by atoms with Crippen molar-refractivity contribution in [2.75, 3.05) is 6.61 Å². The average Bonchev–Trinajstić information content (AvgIpc) is 3.15. The molecule has 1 atom stereocenters. The van der Waals surface area contributed by atoms with Gasteiger partial charge in [-0.25, -0.2) is 4.79 Å². The van der Waals surface area contributed by atoms with Gasteiger partial charge in [-0.3, -0.25) is 14.5 Å². The molecule has 0 unspecified atom stereocenters. The number of carboxylic acid groups (broad SMARTS) is 1. The van der Waals surface area contributed by atoms with E-state index in [0.29, 0.717) is 20.7 Å². The van der Waals surface area contributed by atoms with Crippen molar-refractivity contribution in [2.24, 2.45) is 0 Å². The van der Waals surface area contributed by atoms with Crippen LogP contribution in [0.15, 0.2) is 88.2 Å². The maximum atomic E-state index is 13.1. The maximum Gasteiger partial charge on any atom is 0.327 e. The molecule has 1 aliphatic rings. The summed E-state index contributed by atoms with van der Waals surface area (Å²) in [5.41, 5.74) is 2.06. The van der Waals surface area contributed by atoms with Crippen LogP contribution in [0.25, 0.3) is 6.08 Å². The van der Waals surface area contributed by atoms with Gasteiger partial charge in [-0.1, -0.05) is 101 Å². The van der Waals surface area contributed by atoms with Crippen LogP contribution in [0.2, 0.25) is 0 Å². The predicted octanol–water partition coefficient (Wildman–Crippen LogP) is 5.61. The van der Waals surface area contributed by atoms with Gasteiger partial charge in [-0.05, 0) is 35.4 Å². The number of thiocarbonyl (C=S) groups is 1. The number of nitrogens with zero attached hydrogens (tertiary/aromatic N) is 1. The first-order chi connectivity index (χ1) is 17.3. The molecular formula is C27H20BrNO5S2. The van der Waals surface area contributed by atoms with Crippen LogP contribution in [-0.2, 0) is 16.0 Å². The molecular weight excluding hydrogens is 562 g/mol. The smallest absolute Gasteiger partial charge is 0.327 e. The number of carbonyl (C=O) groups excluding carboxylic acids is 2. The normalized spacial score (nSPS) is 15.2. The van der Waals surface area contributed by atoms with Crippen molar-refractivity contribution < 1.29 is 24.2 Å². The zero-order chi connectivity index (χ0) is 25.7. The van der Waals surface area contributed by atoms with Gasteiger partial charge >= 0.3 is 5.97 Å². The van der Waals surface area contributed by atoms with E-state index in [2.05, 4.69) is 15.9 Å². The Morgan fingerprint density at radius 3 is 2.36 bits per heavy atom. The minimum Gasteiger partial charge on any atom is -0.485 e. The Bertz CT molecular complexity index is 1340. The third-order valence-corrected chi connectivity index (χ3v) is 7.44. The van der Waals surface area contributed by atoms with Gasteiger partial charge in [-0.2, -0.15) is 0 Å². The Morgan fingerprint density at radius 2 is 1.69 bits per heavy atom. The number of halogens is 1. The Hall–Kier alpha value is -3.27. The minimum atomic E-state index is -1.12. The van der Waals surface area contributed by atoms with Crippen LogP contribution in [0, 0.1) is 0 Å². The molecule has 0 spiro atoms. The van der Waals surface area contributed by atoms with Gasteiger partial charge in [0, 0.05) is 16.5 Å². The Balaban J connectivity index is 1.43. The number of amides is 1.